The average Bonchev–Trinajstić information content (AvgIpc) is 2.48. The van der Waals surface area contributed by atoms with Crippen LogP contribution in [0, 0.1) is 0 Å². The number of amides is 1. The van der Waals surface area contributed by atoms with Crippen molar-refractivity contribution in [2.45, 2.75) is 6.61 Å². The summed E-state index contributed by atoms with van der Waals surface area (Å²) in [5.74, 6) is 5.09. The Bertz CT molecular complexity index is 677. The Morgan fingerprint density at radius 1 is 1.05 bits per heavy atom. The number of hydrogen-bond acceptors (Lipinski definition) is 3. The highest BCUT2D eigenvalue weighted by Gasteiger charge is 2.09. The lowest BCUT2D eigenvalue weighted by Crippen LogP contribution is -2.29. The van der Waals surface area contributed by atoms with Gasteiger partial charge in [0.05, 0.1) is 15.1 Å². The fraction of sp³-hybridized carbons (Fsp3) is 0.0714. The van der Waals surface area contributed by atoms with Gasteiger partial charge < -0.3 is 4.74 Å². The lowest BCUT2D eigenvalue weighted by molar-refractivity contribution is 0.0953. The smallest absolute Gasteiger partial charge is 0.265 e. The average molecular weight is 346 g/mol. The largest absolute Gasteiger partial charge is 0.487 e. The molecule has 2 rings (SSSR count). The van der Waals surface area contributed by atoms with Gasteiger partial charge >= 0.3 is 0 Å². The highest BCUT2D eigenvalue weighted by molar-refractivity contribution is 6.42. The molecule has 0 heterocycles. The van der Waals surface area contributed by atoms with Crippen molar-refractivity contribution in [3.05, 3.63) is 62.6 Å². The van der Waals surface area contributed by atoms with Crippen molar-refractivity contribution in [3.8, 4) is 5.75 Å². The van der Waals surface area contributed by atoms with Crippen LogP contribution >= 0.6 is 34.8 Å². The van der Waals surface area contributed by atoms with Crippen LogP contribution in [-0.2, 0) is 6.61 Å². The first-order chi connectivity index (χ1) is 10.0. The van der Waals surface area contributed by atoms with Gasteiger partial charge in [-0.15, -0.1) is 0 Å². The first kappa shape index (κ1) is 15.9. The van der Waals surface area contributed by atoms with Crippen LogP contribution in [0.5, 0.6) is 5.75 Å². The molecule has 2 aromatic carbocycles. The normalized spacial score (nSPS) is 10.3. The van der Waals surface area contributed by atoms with Gasteiger partial charge in [0.25, 0.3) is 5.91 Å². The Balaban J connectivity index is 2.09. The number of nitrogens with two attached hydrogens (primary N) is 1. The number of halogens is 3. The van der Waals surface area contributed by atoms with Crippen molar-refractivity contribution in [1.29, 1.82) is 0 Å². The molecule has 7 heteroatoms. The third-order valence-corrected chi connectivity index (χ3v) is 3.74. The van der Waals surface area contributed by atoms with Crippen LogP contribution in [0.3, 0.4) is 0 Å². The second-order valence-corrected chi connectivity index (χ2v) is 5.38. The topological polar surface area (TPSA) is 64.3 Å². The molecule has 21 heavy (non-hydrogen) atoms. The molecule has 0 aliphatic carbocycles. The molecule has 0 bridgehead atoms. The Hall–Kier alpha value is -1.46. The summed E-state index contributed by atoms with van der Waals surface area (Å²) < 4.78 is 5.59. The maximum Gasteiger partial charge on any atom is 0.265 e. The molecule has 2 aromatic rings. The highest BCUT2D eigenvalue weighted by atomic mass is 35.5. The van der Waals surface area contributed by atoms with Crippen molar-refractivity contribution in [2.24, 2.45) is 5.84 Å². The molecule has 110 valence electrons. The molecule has 4 nitrogen and oxygen atoms in total. The number of hydrogen-bond donors (Lipinski definition) is 2. The maximum atomic E-state index is 11.4. The summed E-state index contributed by atoms with van der Waals surface area (Å²) in [7, 11) is 0. The van der Waals surface area contributed by atoms with E-state index < -0.39 is 5.91 Å². The van der Waals surface area contributed by atoms with Crippen LogP contribution in [0.1, 0.15) is 15.9 Å². The van der Waals surface area contributed by atoms with E-state index in [-0.39, 0.29) is 6.61 Å². The van der Waals surface area contributed by atoms with E-state index in [9.17, 15) is 4.79 Å². The number of nitrogen functional groups attached to an aromatic ring is 1. The fourth-order valence-corrected chi connectivity index (χ4v) is 2.19. The van der Waals surface area contributed by atoms with Gasteiger partial charge in [-0.05, 0) is 35.9 Å². The molecule has 0 unspecified atom stereocenters. The summed E-state index contributed by atoms with van der Waals surface area (Å²) in [6.07, 6.45) is 0. The van der Waals surface area contributed by atoms with Crippen molar-refractivity contribution in [1.82, 2.24) is 5.43 Å². The van der Waals surface area contributed by atoms with Crippen molar-refractivity contribution in [2.75, 3.05) is 0 Å². The van der Waals surface area contributed by atoms with E-state index in [0.717, 1.165) is 5.56 Å². The van der Waals surface area contributed by atoms with E-state index in [1.165, 1.54) is 6.07 Å². The van der Waals surface area contributed by atoms with Gasteiger partial charge in [0.2, 0.25) is 0 Å². The number of rotatable bonds is 4. The van der Waals surface area contributed by atoms with E-state index in [0.29, 0.717) is 26.4 Å². The van der Waals surface area contributed by atoms with E-state index in [2.05, 4.69) is 0 Å². The monoisotopic (exact) mass is 344 g/mol. The second kappa shape index (κ2) is 7.00. The minimum atomic E-state index is -0.423. The standard InChI is InChI=1S/C14H11Cl3N2O2/c15-10-3-1-8(5-11(10)16)7-21-13-4-2-9(6-12(13)17)14(20)19-18/h1-6H,7,18H2,(H,19,20). The lowest BCUT2D eigenvalue weighted by atomic mass is 10.2. The lowest BCUT2D eigenvalue weighted by Gasteiger charge is -2.10. The first-order valence-electron chi connectivity index (χ1n) is 5.88. The number of benzene rings is 2. The van der Waals surface area contributed by atoms with E-state index in [1.807, 2.05) is 5.43 Å². The molecule has 0 aromatic heterocycles. The molecular formula is C14H11Cl3N2O2. The zero-order valence-electron chi connectivity index (χ0n) is 10.7. The van der Waals surface area contributed by atoms with Crippen molar-refractivity contribution < 1.29 is 9.53 Å². The Labute approximate surface area is 136 Å². The van der Waals surface area contributed by atoms with Gasteiger partial charge in [0, 0.05) is 5.56 Å². The third-order valence-electron chi connectivity index (χ3n) is 2.70. The number of ether oxygens (including phenoxy) is 1. The van der Waals surface area contributed by atoms with E-state index >= 15 is 0 Å². The summed E-state index contributed by atoms with van der Waals surface area (Å²) in [4.78, 5) is 11.4. The zero-order valence-corrected chi connectivity index (χ0v) is 13.0. The molecule has 0 aliphatic heterocycles. The van der Waals surface area contributed by atoms with Gasteiger partial charge in [-0.3, -0.25) is 10.2 Å². The van der Waals surface area contributed by atoms with Crippen LogP contribution in [0.25, 0.3) is 0 Å². The van der Waals surface area contributed by atoms with Gasteiger partial charge in [0.1, 0.15) is 12.4 Å². The quantitative estimate of drug-likeness (QED) is 0.503. The number of carbonyl (C=O) groups is 1. The highest BCUT2D eigenvalue weighted by Crippen LogP contribution is 2.27. The third kappa shape index (κ3) is 4.02. The number of carbonyl (C=O) groups excluding carboxylic acids is 1. The first-order valence-corrected chi connectivity index (χ1v) is 7.02. The van der Waals surface area contributed by atoms with Crippen LogP contribution in [0.4, 0.5) is 0 Å². The molecule has 0 radical (unpaired) electrons. The molecule has 0 saturated carbocycles. The van der Waals surface area contributed by atoms with Crippen molar-refractivity contribution >= 4 is 40.7 Å². The number of hydrazine groups is 1. The summed E-state index contributed by atoms with van der Waals surface area (Å²) in [5, 5.41) is 1.26. The summed E-state index contributed by atoms with van der Waals surface area (Å²) >= 11 is 17.8. The van der Waals surface area contributed by atoms with E-state index in [1.54, 1.807) is 30.3 Å². The molecule has 0 spiro atoms. The fourth-order valence-electron chi connectivity index (χ4n) is 1.63. The Morgan fingerprint density at radius 2 is 1.81 bits per heavy atom. The molecule has 0 saturated heterocycles. The predicted octanol–water partition coefficient (Wildman–Crippen LogP) is 3.83. The van der Waals surface area contributed by atoms with Crippen LogP contribution in [-0.4, -0.2) is 5.91 Å². The molecule has 0 fully saturated rings. The van der Waals surface area contributed by atoms with Crippen LogP contribution in [0.2, 0.25) is 15.1 Å². The van der Waals surface area contributed by atoms with Crippen LogP contribution < -0.4 is 16.0 Å². The van der Waals surface area contributed by atoms with Gasteiger partial charge in [0.15, 0.2) is 0 Å². The van der Waals surface area contributed by atoms with Gasteiger partial charge in [-0.25, -0.2) is 5.84 Å². The van der Waals surface area contributed by atoms with Gasteiger partial charge in [-0.2, -0.15) is 0 Å². The molecule has 1 amide bonds. The second-order valence-electron chi connectivity index (χ2n) is 4.16. The minimum Gasteiger partial charge on any atom is -0.487 e. The van der Waals surface area contributed by atoms with Gasteiger partial charge in [-0.1, -0.05) is 40.9 Å². The molecule has 3 N–H and O–H groups in total. The summed E-state index contributed by atoms with van der Waals surface area (Å²) in [5.41, 5.74) is 3.23. The summed E-state index contributed by atoms with van der Waals surface area (Å²) in [6.45, 7) is 0.277. The van der Waals surface area contributed by atoms with E-state index in [4.69, 9.17) is 45.4 Å². The molecular weight excluding hydrogens is 335 g/mol. The zero-order chi connectivity index (χ0) is 15.4. The number of nitrogens with one attached hydrogen (secondary N) is 1. The Morgan fingerprint density at radius 3 is 2.43 bits per heavy atom. The predicted molar refractivity (Wildman–Crippen MR) is 83.9 cm³/mol. The van der Waals surface area contributed by atoms with Crippen LogP contribution in [0.15, 0.2) is 36.4 Å². The summed E-state index contributed by atoms with van der Waals surface area (Å²) in [6, 6.07) is 9.86. The maximum absolute atomic E-state index is 11.4. The molecule has 0 atom stereocenters. The molecule has 0 aliphatic rings. The SMILES string of the molecule is NNC(=O)c1ccc(OCc2ccc(Cl)c(Cl)c2)c(Cl)c1. The Kier molecular flexibility index (Phi) is 5.31. The van der Waals surface area contributed by atoms with Crippen molar-refractivity contribution in [3.63, 3.8) is 0 Å². The minimum absolute atomic E-state index is 0.277.